The second-order valence-corrected chi connectivity index (χ2v) is 7.35. The highest BCUT2D eigenvalue weighted by Gasteiger charge is 2.34. The molecule has 0 radical (unpaired) electrons. The fourth-order valence-electron chi connectivity index (χ4n) is 3.60. The first-order chi connectivity index (χ1) is 15.4. The average Bonchev–Trinajstić information content (AvgIpc) is 3.48. The number of carbonyl (C=O) groups is 3. The lowest BCUT2D eigenvalue weighted by atomic mass is 9.82. The minimum Gasteiger partial charge on any atom is -0.481 e. The molecule has 2 aromatic rings. The molecule has 4 rings (SSSR count). The van der Waals surface area contributed by atoms with Crippen molar-refractivity contribution in [1.29, 1.82) is 0 Å². The number of rotatable bonds is 6. The first-order valence-corrected chi connectivity index (χ1v) is 9.95. The molecule has 2 aliphatic rings. The molecule has 1 aliphatic carbocycles. The molecular formula is C22H21N3O7. The molecule has 166 valence electrons. The van der Waals surface area contributed by atoms with Crippen molar-refractivity contribution in [2.75, 3.05) is 12.1 Å². The molecule has 0 saturated carbocycles. The Morgan fingerprint density at radius 1 is 1.09 bits per heavy atom. The largest absolute Gasteiger partial charge is 0.481 e. The van der Waals surface area contributed by atoms with Crippen LogP contribution in [0, 0.1) is 11.8 Å². The van der Waals surface area contributed by atoms with Crippen molar-refractivity contribution in [3.05, 3.63) is 54.0 Å². The number of hydrogen-bond donors (Lipinski definition) is 3. The summed E-state index contributed by atoms with van der Waals surface area (Å²) < 4.78 is 15.9. The minimum atomic E-state index is -1.02. The molecule has 1 aromatic heterocycles. The fraction of sp³-hybridized carbons (Fsp3) is 0.273. The molecular weight excluding hydrogens is 418 g/mol. The molecule has 32 heavy (non-hydrogen) atoms. The van der Waals surface area contributed by atoms with E-state index >= 15 is 0 Å². The van der Waals surface area contributed by atoms with Gasteiger partial charge in [0.05, 0.1) is 29.5 Å². The number of aliphatic carboxylic acids is 1. The molecule has 10 nitrogen and oxygen atoms in total. The Balaban J connectivity index is 1.59. The quantitative estimate of drug-likeness (QED) is 0.357. The Bertz CT molecular complexity index is 1100. The van der Waals surface area contributed by atoms with Crippen LogP contribution in [0.4, 0.5) is 5.69 Å². The number of amides is 2. The maximum Gasteiger partial charge on any atom is 0.307 e. The molecule has 2 amide bonds. The number of furan rings is 1. The number of carboxylic acids is 1. The van der Waals surface area contributed by atoms with E-state index in [1.165, 1.54) is 12.3 Å². The van der Waals surface area contributed by atoms with E-state index in [1.54, 1.807) is 37.3 Å². The van der Waals surface area contributed by atoms with Crippen LogP contribution in [0.5, 0.6) is 11.5 Å². The zero-order chi connectivity index (χ0) is 22.7. The molecule has 2 heterocycles. The van der Waals surface area contributed by atoms with Crippen molar-refractivity contribution in [2.24, 2.45) is 16.9 Å². The molecule has 0 unspecified atom stereocenters. The number of benzene rings is 1. The number of allylic oxidation sites excluding steroid dienone is 2. The summed E-state index contributed by atoms with van der Waals surface area (Å²) in [5.74, 6) is -2.48. The van der Waals surface area contributed by atoms with Crippen LogP contribution >= 0.6 is 0 Å². The first-order valence-electron chi connectivity index (χ1n) is 9.95. The Labute approximate surface area is 182 Å². The van der Waals surface area contributed by atoms with E-state index in [0.717, 1.165) is 0 Å². The lowest BCUT2D eigenvalue weighted by Gasteiger charge is -2.24. The summed E-state index contributed by atoms with van der Waals surface area (Å²) in [4.78, 5) is 36.7. The van der Waals surface area contributed by atoms with Gasteiger partial charge in [-0.3, -0.25) is 14.4 Å². The van der Waals surface area contributed by atoms with Crippen LogP contribution < -0.4 is 20.2 Å². The maximum atomic E-state index is 13.0. The number of hydrogen-bond acceptors (Lipinski definition) is 7. The molecule has 1 aromatic carbocycles. The predicted molar refractivity (Wildman–Crippen MR) is 113 cm³/mol. The number of hydrazone groups is 1. The van der Waals surface area contributed by atoms with Gasteiger partial charge in [0, 0.05) is 11.6 Å². The molecule has 3 N–H and O–H groups in total. The Morgan fingerprint density at radius 3 is 2.50 bits per heavy atom. The van der Waals surface area contributed by atoms with Crippen molar-refractivity contribution in [2.45, 2.75) is 19.8 Å². The smallest absolute Gasteiger partial charge is 0.307 e. The van der Waals surface area contributed by atoms with Gasteiger partial charge in [0.25, 0.3) is 0 Å². The van der Waals surface area contributed by atoms with Gasteiger partial charge in [-0.25, -0.2) is 5.43 Å². The van der Waals surface area contributed by atoms with Gasteiger partial charge < -0.3 is 24.3 Å². The zero-order valence-electron chi connectivity index (χ0n) is 17.2. The van der Waals surface area contributed by atoms with E-state index in [1.807, 2.05) is 0 Å². The molecule has 0 fully saturated rings. The molecule has 2 atom stereocenters. The number of anilines is 1. The van der Waals surface area contributed by atoms with Crippen molar-refractivity contribution in [3.8, 4) is 11.5 Å². The van der Waals surface area contributed by atoms with Crippen LogP contribution in [-0.4, -0.2) is 35.4 Å². The summed E-state index contributed by atoms with van der Waals surface area (Å²) in [6, 6.07) is 6.33. The van der Waals surface area contributed by atoms with Crippen molar-refractivity contribution in [1.82, 2.24) is 5.43 Å². The van der Waals surface area contributed by atoms with E-state index < -0.39 is 29.6 Å². The zero-order valence-corrected chi connectivity index (χ0v) is 17.2. The lowest BCUT2D eigenvalue weighted by molar-refractivity contribution is -0.146. The number of carboxylic acid groups (broad SMARTS) is 1. The molecule has 1 aliphatic heterocycles. The summed E-state index contributed by atoms with van der Waals surface area (Å²) in [7, 11) is 0. The predicted octanol–water partition coefficient (Wildman–Crippen LogP) is 2.77. The second-order valence-electron chi connectivity index (χ2n) is 7.35. The van der Waals surface area contributed by atoms with Crippen molar-refractivity contribution in [3.63, 3.8) is 0 Å². The van der Waals surface area contributed by atoms with Crippen molar-refractivity contribution < 1.29 is 33.4 Å². The standard InChI is InChI=1S/C22H21N3O7/c1-12(24-25-21(27)17-7-4-8-30-17)15-9-18-19(32-11-31-18)10-16(15)23-20(26)13-5-2-3-6-14(13)22(28)29/h2-4,7-10,13-14H,5-6,11H2,1H3,(H,23,26)(H,25,27)(H,28,29)/b24-12+/t13-,14-/m0/s1. The highest BCUT2D eigenvalue weighted by molar-refractivity contribution is 6.08. The van der Waals surface area contributed by atoms with E-state index in [4.69, 9.17) is 13.9 Å². The minimum absolute atomic E-state index is 0.0338. The average molecular weight is 439 g/mol. The summed E-state index contributed by atoms with van der Waals surface area (Å²) in [5, 5.41) is 16.4. The third kappa shape index (κ3) is 4.34. The van der Waals surface area contributed by atoms with E-state index in [-0.39, 0.29) is 12.6 Å². The molecule has 0 saturated heterocycles. The van der Waals surface area contributed by atoms with Gasteiger partial charge in [-0.15, -0.1) is 0 Å². The molecule has 0 spiro atoms. The lowest BCUT2D eigenvalue weighted by Crippen LogP contribution is -2.35. The Morgan fingerprint density at radius 2 is 1.81 bits per heavy atom. The Hall–Kier alpha value is -4.08. The van der Waals surface area contributed by atoms with E-state index in [2.05, 4.69) is 15.8 Å². The van der Waals surface area contributed by atoms with Crippen LogP contribution in [0.25, 0.3) is 0 Å². The van der Waals surface area contributed by atoms with Gasteiger partial charge in [-0.05, 0) is 38.0 Å². The monoisotopic (exact) mass is 439 g/mol. The number of fused-ring (bicyclic) bond motifs is 1. The summed E-state index contributed by atoms with van der Waals surface area (Å²) in [6.45, 7) is 1.69. The van der Waals surface area contributed by atoms with Crippen LogP contribution in [0.2, 0.25) is 0 Å². The van der Waals surface area contributed by atoms with Gasteiger partial charge in [-0.1, -0.05) is 12.2 Å². The highest BCUT2D eigenvalue weighted by atomic mass is 16.7. The maximum absolute atomic E-state index is 13.0. The number of carbonyl (C=O) groups excluding carboxylic acids is 2. The summed E-state index contributed by atoms with van der Waals surface area (Å²) in [5.41, 5.74) is 3.64. The van der Waals surface area contributed by atoms with Gasteiger partial charge in [0.2, 0.25) is 12.7 Å². The van der Waals surface area contributed by atoms with E-state index in [9.17, 15) is 19.5 Å². The SMILES string of the molecule is C/C(=N\NC(=O)c1ccco1)c1cc2c(cc1NC(=O)[C@H]1CC=CC[C@@H]1C(=O)O)OCO2. The normalized spacial score (nSPS) is 19.5. The van der Waals surface area contributed by atoms with Crippen LogP contribution in [0.15, 0.2) is 52.2 Å². The Kier molecular flexibility index (Phi) is 5.93. The highest BCUT2D eigenvalue weighted by Crippen LogP contribution is 2.38. The van der Waals surface area contributed by atoms with Gasteiger partial charge in [0.15, 0.2) is 17.3 Å². The van der Waals surface area contributed by atoms with Crippen LogP contribution in [0.1, 0.15) is 35.9 Å². The van der Waals surface area contributed by atoms with E-state index in [0.29, 0.717) is 41.3 Å². The number of nitrogens with zero attached hydrogens (tertiary/aromatic N) is 1. The van der Waals surface area contributed by atoms with Gasteiger partial charge in [0.1, 0.15) is 0 Å². The topological polar surface area (TPSA) is 139 Å². The summed E-state index contributed by atoms with van der Waals surface area (Å²) in [6.07, 6.45) is 5.58. The van der Waals surface area contributed by atoms with Crippen molar-refractivity contribution >= 4 is 29.2 Å². The first kappa shape index (κ1) is 21.2. The molecule has 10 heteroatoms. The van der Waals surface area contributed by atoms with Crippen LogP contribution in [-0.2, 0) is 9.59 Å². The third-order valence-corrected chi connectivity index (χ3v) is 5.32. The van der Waals surface area contributed by atoms with Gasteiger partial charge >= 0.3 is 11.9 Å². The molecule has 0 bridgehead atoms. The van der Waals surface area contributed by atoms with Crippen LogP contribution in [0.3, 0.4) is 0 Å². The third-order valence-electron chi connectivity index (χ3n) is 5.32. The second kappa shape index (κ2) is 8.96. The van der Waals surface area contributed by atoms with Gasteiger partial charge in [-0.2, -0.15) is 5.10 Å². The summed E-state index contributed by atoms with van der Waals surface area (Å²) >= 11 is 0. The number of nitrogens with one attached hydrogen (secondary N) is 2. The fourth-order valence-corrected chi connectivity index (χ4v) is 3.60. The number of ether oxygens (including phenoxy) is 2.